The number of amides is 4. The van der Waals surface area contributed by atoms with E-state index in [-0.39, 0.29) is 101 Å². The number of aryl methyl sites for hydroxylation is 2. The van der Waals surface area contributed by atoms with Crippen LogP contribution in [0.5, 0.6) is 0 Å². The van der Waals surface area contributed by atoms with Crippen molar-refractivity contribution in [3.63, 3.8) is 0 Å². The summed E-state index contributed by atoms with van der Waals surface area (Å²) in [6, 6.07) is 2.74. The maximum atomic E-state index is 14.4. The fraction of sp³-hybridized carbons (Fsp3) is 0.635. The van der Waals surface area contributed by atoms with Crippen LogP contribution in [-0.2, 0) is 54.3 Å². The molecule has 2 fully saturated rings. The molecule has 8 bridgehead atoms. The van der Waals surface area contributed by atoms with Crippen molar-refractivity contribution in [1.82, 2.24) is 15.6 Å². The molecule has 6 aliphatic rings. The number of H-pyrrole nitrogens is 1. The van der Waals surface area contributed by atoms with E-state index in [1.54, 1.807) is 38.6 Å². The molecular formula is C63H92CoN13O14P-2. The van der Waals surface area contributed by atoms with Crippen LogP contribution in [-0.4, -0.2) is 128 Å². The van der Waals surface area contributed by atoms with E-state index in [0.717, 1.165) is 16.6 Å². The van der Waals surface area contributed by atoms with Crippen LogP contribution in [0.3, 0.4) is 0 Å². The van der Waals surface area contributed by atoms with Gasteiger partial charge in [-0.25, -0.2) is 9.55 Å². The van der Waals surface area contributed by atoms with Gasteiger partial charge in [-0.1, -0.05) is 42.0 Å². The Hall–Kier alpha value is -6.49. The number of aromatic nitrogens is 2. The van der Waals surface area contributed by atoms with Crippen LogP contribution in [0.15, 0.2) is 67.8 Å². The van der Waals surface area contributed by atoms with E-state index >= 15 is 0 Å². The van der Waals surface area contributed by atoms with Crippen LogP contribution < -0.4 is 47.7 Å². The van der Waals surface area contributed by atoms with Crippen LogP contribution in [0.4, 0.5) is 0 Å². The largest absolute Gasteiger partial charge is 0.862 e. The van der Waals surface area contributed by atoms with E-state index < -0.39 is 143 Å². The summed E-state index contributed by atoms with van der Waals surface area (Å²) < 4.78 is 32.3. The standard InChI is InChI=1S/C62H90N13O14P.CH4.Co/c1-29-20-39-40(21-30(29)2)75(28-70-39)57-52(84)53(41(27-76)87-57)89-90(85,86)88-31(3)26-69-49(83)18-19-59(8)37(22-46(66)80)56-62(11)61(10,25-48(68)82)36(14-17-45(65)79)51(74-62)33(5)55-60(9,24-47(67)81)34(12-15-43(63)77)38(71-55)23-42-58(6,7)35(13-16-44(64)78)50(72-42)32(4)54(59)73-56;;/h20-21,23,28,31,34-37,41,52-53,56-57,76,84H,12-19,22,24-27H2,1-11H3,(H15,63,64,65,66,67,68,69,71,72,73,74,77,78,79,80,81,82,83,85,86);1H4;/p-2. The molecule has 27 nitrogen and oxygen atoms in total. The second-order valence-corrected chi connectivity index (χ2v) is 28.4. The number of nitrogens with one attached hydrogen (secondary N) is 6. The second kappa shape index (κ2) is 27.8. The summed E-state index contributed by atoms with van der Waals surface area (Å²) in [5, 5.41) is 90.2. The van der Waals surface area contributed by atoms with E-state index in [9.17, 15) is 54.2 Å². The van der Waals surface area contributed by atoms with E-state index in [4.69, 9.17) is 62.2 Å². The number of nitrogens with zero attached hydrogens (tertiary/aromatic N) is 4. The van der Waals surface area contributed by atoms with Gasteiger partial charge in [-0.3, -0.25) is 43.2 Å². The minimum Gasteiger partial charge on any atom is -0.862 e. The van der Waals surface area contributed by atoms with Crippen molar-refractivity contribution < 1.29 is 89.3 Å². The fourth-order valence-corrected chi connectivity index (χ4v) is 16.6. The van der Waals surface area contributed by atoms with Gasteiger partial charge in [0.15, 0.2) is 11.0 Å². The first-order chi connectivity index (χ1) is 41.8. The summed E-state index contributed by atoms with van der Waals surface area (Å²) in [7, 11) is -5.07. The summed E-state index contributed by atoms with van der Waals surface area (Å²) in [5.41, 5.74) is 19.4. The number of aliphatic hydroxyl groups is 2. The molecule has 2 saturated heterocycles. The zero-order valence-corrected chi connectivity index (χ0v) is 55.3. The monoisotopic (exact) mass is 1340 g/mol. The number of ether oxygens (including phenoxy) is 1. The van der Waals surface area contributed by atoms with E-state index in [0.29, 0.717) is 50.9 Å². The summed E-state index contributed by atoms with van der Waals surface area (Å²) >= 11 is 0. The number of nitrogens with two attached hydrogens (primary N) is 3. The Labute approximate surface area is 547 Å². The molecule has 1 aromatic carbocycles. The number of hydrogen-bond donors (Lipinski definition) is 12. The molecule has 4 amide bonds. The number of carbonyl (C=O) groups excluding carboxylic acids is 4. The number of allylic oxidation sites excluding steroid dienone is 6. The molecule has 92 heavy (non-hydrogen) atoms. The molecule has 29 heteroatoms. The molecule has 0 spiro atoms. The number of rotatable bonds is 26. The van der Waals surface area contributed by atoms with Crippen molar-refractivity contribution in [1.29, 1.82) is 16.2 Å². The summed E-state index contributed by atoms with van der Waals surface area (Å²) in [4.78, 5) is 86.0. The van der Waals surface area contributed by atoms with Crippen LogP contribution in [0.2, 0.25) is 0 Å². The van der Waals surface area contributed by atoms with E-state index in [1.165, 1.54) is 6.92 Å². The molecule has 7 heterocycles. The Bertz CT molecular complexity index is 3540. The smallest absolute Gasteiger partial charge is 0.472 e. The number of fused-ring (bicyclic) bond motifs is 7. The number of imidazole rings is 1. The normalized spacial score (nSPS) is 31.3. The number of phosphoric ester groups is 1. The van der Waals surface area contributed by atoms with E-state index in [1.807, 2.05) is 59.8 Å². The molecule has 15 N–H and O–H groups in total. The molecule has 1 aromatic heterocycles. The Kier molecular flexibility index (Phi) is 22.6. The van der Waals surface area contributed by atoms with Crippen molar-refractivity contribution >= 4 is 77.3 Å². The quantitative estimate of drug-likeness (QED) is 0.0279. The minimum absolute atomic E-state index is 0. The van der Waals surface area contributed by atoms with Crippen LogP contribution in [0.1, 0.15) is 158 Å². The van der Waals surface area contributed by atoms with Crippen LogP contribution in [0.25, 0.3) is 11.0 Å². The second-order valence-electron chi connectivity index (χ2n) is 27.0. The van der Waals surface area contributed by atoms with Gasteiger partial charge in [-0.2, -0.15) is 4.57 Å². The maximum Gasteiger partial charge on any atom is 0.472 e. The summed E-state index contributed by atoms with van der Waals surface area (Å²) in [6.45, 7) is 19.0. The number of benzene rings is 1. The number of carbonyl (C=O) groups is 4. The zero-order valence-electron chi connectivity index (χ0n) is 53.4. The Morgan fingerprint density at radius 3 is 2.02 bits per heavy atom. The number of primary amides is 3. The number of aromatic amines is 1. The zero-order chi connectivity index (χ0) is 66.7. The van der Waals surface area contributed by atoms with Gasteiger partial charge >= 0.3 is 7.82 Å². The first-order valence-electron chi connectivity index (χ1n) is 30.5. The van der Waals surface area contributed by atoms with Crippen LogP contribution in [0, 0.1) is 75.4 Å². The molecule has 15 atom stereocenters. The van der Waals surface area contributed by atoms with Crippen molar-refractivity contribution in [2.75, 3.05) is 13.2 Å². The van der Waals surface area contributed by atoms with Crippen molar-refractivity contribution in [3.8, 4) is 0 Å². The van der Waals surface area contributed by atoms with Gasteiger partial charge in [-0.15, -0.1) is 0 Å². The third-order valence-corrected chi connectivity index (χ3v) is 21.7. The summed E-state index contributed by atoms with van der Waals surface area (Å²) in [6.07, 6.45) is -4.86. The van der Waals surface area contributed by atoms with Gasteiger partial charge in [0.1, 0.15) is 18.3 Å². The average molecular weight is 1350 g/mol. The Morgan fingerprint density at radius 2 is 1.45 bits per heavy atom. The van der Waals surface area contributed by atoms with Gasteiger partial charge < -0.3 is 79.2 Å². The number of aliphatic imine (C=N–C) groups is 3. The van der Waals surface area contributed by atoms with Gasteiger partial charge in [0.2, 0.25) is 36.2 Å². The molecule has 0 aliphatic carbocycles. The maximum absolute atomic E-state index is 14.4. The molecular weight excluding hydrogens is 1250 g/mol. The third kappa shape index (κ3) is 14.1. The average Bonchev–Trinajstić information content (AvgIpc) is 1.53. The number of aliphatic hydroxyl groups excluding tert-OH is 2. The van der Waals surface area contributed by atoms with Gasteiger partial charge in [0, 0.05) is 129 Å². The molecule has 2 aromatic rings. The molecule has 8 rings (SSSR count). The van der Waals surface area contributed by atoms with Gasteiger partial charge in [0.25, 0.3) is 0 Å². The summed E-state index contributed by atoms with van der Waals surface area (Å²) in [5.74, 6) is -8.24. The predicted molar refractivity (Wildman–Crippen MR) is 335 cm³/mol. The number of hydrogen-bond acceptors (Lipinski definition) is 20. The van der Waals surface area contributed by atoms with Crippen molar-refractivity contribution in [3.05, 3.63) is 63.9 Å². The third-order valence-electron chi connectivity index (χ3n) is 20.6. The Morgan fingerprint density at radius 1 is 0.859 bits per heavy atom. The van der Waals surface area contributed by atoms with Gasteiger partial charge in [-0.05, 0) is 145 Å². The minimum atomic E-state index is -5.07. The van der Waals surface area contributed by atoms with E-state index in [2.05, 4.69) is 15.6 Å². The Balaban J connectivity index is 0.00000672. The molecule has 509 valence electrons. The number of phosphoric acid groups is 1. The first kappa shape index (κ1) is 74.5. The molecule has 1 radical (unpaired) electrons. The molecule has 0 saturated carbocycles. The van der Waals surface area contributed by atoms with Crippen molar-refractivity contribution in [2.24, 2.45) is 77.5 Å². The molecule has 15 unspecified atom stereocenters. The van der Waals surface area contributed by atoms with Crippen molar-refractivity contribution in [2.45, 2.75) is 196 Å². The fourth-order valence-electron chi connectivity index (χ4n) is 15.5. The SMILES string of the molecule is C.CC1=C2N=C(C=C3NC(=C(C)C4=NC(C)(C5N=C1C(C)(CCC(=O)NCC(C)OP(=O)(O)OC1C(CO)OC([n+]6c[nH]c7cc(C)c(C)cc76)C1O)C5CC(N)=O)C(C)(CC(N)=O)C4CCC(=N)[O-])C(C)(CC(N)=O)C3CCC(=N)[O-])C(C)(C)C2CCC(=N)[O-].[Co]. The first-order valence-corrected chi connectivity index (χ1v) is 32.0. The molecule has 6 aliphatic heterocycles. The predicted octanol–water partition coefficient (Wildman–Crippen LogP) is 2.77. The van der Waals surface area contributed by atoms with Crippen LogP contribution >= 0.6 is 7.82 Å². The van der Waals surface area contributed by atoms with Gasteiger partial charge in [0.05, 0.1) is 24.3 Å². The topological polar surface area (TPSA) is 473 Å².